The molecule has 3 rings (SSSR count). The summed E-state index contributed by atoms with van der Waals surface area (Å²) < 4.78 is 23.0. The largest absolute Gasteiger partial charge is 0.456 e. The van der Waals surface area contributed by atoms with Crippen molar-refractivity contribution in [3.8, 4) is 0 Å². The Morgan fingerprint density at radius 1 is 0.897 bits per heavy atom. The molecule has 0 saturated carbocycles. The molecule has 0 N–H and O–H groups in total. The van der Waals surface area contributed by atoms with Crippen LogP contribution in [-0.4, -0.2) is 43.1 Å². The second-order valence-corrected chi connectivity index (χ2v) is 6.94. The van der Waals surface area contributed by atoms with E-state index in [4.69, 9.17) is 18.9 Å². The van der Waals surface area contributed by atoms with Gasteiger partial charge in [-0.25, -0.2) is 9.59 Å². The maximum absolute atomic E-state index is 12.5. The average Bonchev–Trinajstić information content (AvgIpc) is 2.76. The quantitative estimate of drug-likeness (QED) is 0.657. The van der Waals surface area contributed by atoms with Gasteiger partial charge in [-0.05, 0) is 37.6 Å². The Morgan fingerprint density at radius 3 is 1.93 bits per heavy atom. The van der Waals surface area contributed by atoms with Crippen molar-refractivity contribution in [2.45, 2.75) is 51.3 Å². The number of rotatable bonds is 7. The topological polar surface area (TPSA) is 71.1 Å². The van der Waals surface area contributed by atoms with Gasteiger partial charge in [-0.3, -0.25) is 0 Å². The van der Waals surface area contributed by atoms with E-state index in [1.54, 1.807) is 48.5 Å². The molecule has 1 heterocycles. The van der Waals surface area contributed by atoms with Gasteiger partial charge in [0.15, 0.2) is 12.4 Å². The van der Waals surface area contributed by atoms with Crippen LogP contribution in [0.25, 0.3) is 0 Å². The number of carbonyl (C=O) groups excluding carboxylic acids is 2. The van der Waals surface area contributed by atoms with Crippen molar-refractivity contribution in [3.05, 3.63) is 71.8 Å². The van der Waals surface area contributed by atoms with Crippen LogP contribution in [0.1, 0.15) is 47.4 Å². The summed E-state index contributed by atoms with van der Waals surface area (Å²) in [4.78, 5) is 25.0. The van der Waals surface area contributed by atoms with E-state index in [0.717, 1.165) is 6.42 Å². The van der Waals surface area contributed by atoms with Crippen LogP contribution >= 0.6 is 0 Å². The molecule has 0 bridgehead atoms. The Labute approximate surface area is 170 Å². The fraction of sp³-hybridized carbons (Fsp3) is 0.391. The number of hydrogen-bond acceptors (Lipinski definition) is 6. The summed E-state index contributed by atoms with van der Waals surface area (Å²) in [6.45, 7) is 4.29. The lowest BCUT2D eigenvalue weighted by Crippen LogP contribution is -2.50. The van der Waals surface area contributed by atoms with Gasteiger partial charge in [0.25, 0.3) is 0 Å². The van der Waals surface area contributed by atoms with Crippen LogP contribution in [0.15, 0.2) is 60.7 Å². The molecular weight excluding hydrogens is 372 g/mol. The van der Waals surface area contributed by atoms with Gasteiger partial charge in [-0.15, -0.1) is 0 Å². The highest BCUT2D eigenvalue weighted by Crippen LogP contribution is 2.27. The Hall–Kier alpha value is -2.70. The summed E-state index contributed by atoms with van der Waals surface area (Å²) >= 11 is 0. The molecule has 1 fully saturated rings. The van der Waals surface area contributed by atoms with Gasteiger partial charge in [0, 0.05) is 13.0 Å². The number of ether oxygens (including phenoxy) is 4. The van der Waals surface area contributed by atoms with E-state index in [2.05, 4.69) is 0 Å². The van der Waals surface area contributed by atoms with E-state index >= 15 is 0 Å². The highest BCUT2D eigenvalue weighted by atomic mass is 16.7. The minimum atomic E-state index is -0.704. The predicted octanol–water partition coefficient (Wildman–Crippen LogP) is 4.00. The normalized spacial score (nSPS) is 23.9. The van der Waals surface area contributed by atoms with Crippen LogP contribution in [0.5, 0.6) is 0 Å². The molecule has 1 aliphatic heterocycles. The Kier molecular flexibility index (Phi) is 7.38. The first kappa shape index (κ1) is 21.0. The maximum atomic E-state index is 12.5. The summed E-state index contributed by atoms with van der Waals surface area (Å²) in [6.07, 6.45) is -1.23. The summed E-state index contributed by atoms with van der Waals surface area (Å²) in [5.41, 5.74) is 0.903. The zero-order valence-electron chi connectivity index (χ0n) is 16.7. The van der Waals surface area contributed by atoms with Gasteiger partial charge in [0.2, 0.25) is 0 Å². The van der Waals surface area contributed by atoms with Crippen molar-refractivity contribution in [1.82, 2.24) is 0 Å². The fourth-order valence-electron chi connectivity index (χ4n) is 3.11. The molecule has 6 nitrogen and oxygen atoms in total. The van der Waals surface area contributed by atoms with E-state index in [9.17, 15) is 9.59 Å². The predicted molar refractivity (Wildman–Crippen MR) is 106 cm³/mol. The van der Waals surface area contributed by atoms with E-state index < -0.39 is 36.5 Å². The molecule has 1 aliphatic rings. The van der Waals surface area contributed by atoms with Crippen molar-refractivity contribution in [2.75, 3.05) is 6.61 Å². The molecule has 29 heavy (non-hydrogen) atoms. The second kappa shape index (κ2) is 10.2. The van der Waals surface area contributed by atoms with E-state index in [1.807, 2.05) is 26.0 Å². The molecule has 1 saturated heterocycles. The minimum Gasteiger partial charge on any atom is -0.456 e. The molecule has 2 aromatic rings. The van der Waals surface area contributed by atoms with Crippen LogP contribution in [-0.2, 0) is 18.9 Å². The molecular formula is C23H26O6. The van der Waals surface area contributed by atoms with Crippen molar-refractivity contribution < 1.29 is 28.5 Å². The number of hydrogen-bond donors (Lipinski definition) is 0. The standard InChI is InChI=1S/C23H26O6/c1-3-14-26-23-20(29-22(25)18-12-8-5-9-13-18)15-19(16(2)27-23)28-21(24)17-10-6-4-7-11-17/h4-13,16,19-20,23H,3,14-15H2,1-2H3/t16?,19?,20?,23-/m1/s1. The zero-order chi connectivity index (χ0) is 20.6. The number of esters is 2. The maximum Gasteiger partial charge on any atom is 0.338 e. The molecule has 2 aromatic carbocycles. The molecule has 3 unspecified atom stereocenters. The average molecular weight is 398 g/mol. The third kappa shape index (κ3) is 5.65. The summed E-state index contributed by atoms with van der Waals surface area (Å²) in [5, 5.41) is 0. The fourth-order valence-corrected chi connectivity index (χ4v) is 3.11. The van der Waals surface area contributed by atoms with Crippen molar-refractivity contribution in [2.24, 2.45) is 0 Å². The monoisotopic (exact) mass is 398 g/mol. The van der Waals surface area contributed by atoms with Crippen LogP contribution in [0.2, 0.25) is 0 Å². The third-order valence-corrected chi connectivity index (χ3v) is 4.66. The lowest BCUT2D eigenvalue weighted by molar-refractivity contribution is -0.259. The van der Waals surface area contributed by atoms with E-state index in [-0.39, 0.29) is 0 Å². The Balaban J connectivity index is 1.70. The molecule has 0 aromatic heterocycles. The van der Waals surface area contributed by atoms with E-state index in [0.29, 0.717) is 24.2 Å². The first-order chi connectivity index (χ1) is 14.1. The highest BCUT2D eigenvalue weighted by molar-refractivity contribution is 5.90. The SMILES string of the molecule is CCCO[C@@H]1OC(C)C(OC(=O)c2ccccc2)CC1OC(=O)c1ccccc1. The smallest absolute Gasteiger partial charge is 0.338 e. The first-order valence-corrected chi connectivity index (χ1v) is 9.87. The van der Waals surface area contributed by atoms with Gasteiger partial charge < -0.3 is 18.9 Å². The molecule has 0 spiro atoms. The Bertz CT molecular complexity index is 792. The van der Waals surface area contributed by atoms with Crippen LogP contribution in [0.4, 0.5) is 0 Å². The Morgan fingerprint density at radius 2 is 1.41 bits per heavy atom. The summed E-state index contributed by atoms with van der Waals surface area (Å²) in [5.74, 6) is -0.904. The van der Waals surface area contributed by atoms with Crippen LogP contribution < -0.4 is 0 Å². The molecule has 154 valence electrons. The molecule has 6 heteroatoms. The van der Waals surface area contributed by atoms with Gasteiger partial charge >= 0.3 is 11.9 Å². The van der Waals surface area contributed by atoms with Crippen LogP contribution in [0, 0.1) is 0 Å². The van der Waals surface area contributed by atoms with Gasteiger partial charge in [0.05, 0.1) is 17.2 Å². The van der Waals surface area contributed by atoms with Crippen molar-refractivity contribution in [1.29, 1.82) is 0 Å². The van der Waals surface area contributed by atoms with Crippen molar-refractivity contribution in [3.63, 3.8) is 0 Å². The molecule has 0 aliphatic carbocycles. The molecule has 0 radical (unpaired) electrons. The number of carbonyl (C=O) groups is 2. The van der Waals surface area contributed by atoms with Crippen molar-refractivity contribution >= 4 is 11.9 Å². The molecule has 0 amide bonds. The molecule has 4 atom stereocenters. The second-order valence-electron chi connectivity index (χ2n) is 6.94. The summed E-state index contributed by atoms with van der Waals surface area (Å²) in [6, 6.07) is 17.5. The van der Waals surface area contributed by atoms with Crippen LogP contribution in [0.3, 0.4) is 0 Å². The van der Waals surface area contributed by atoms with Gasteiger partial charge in [0.1, 0.15) is 6.10 Å². The van der Waals surface area contributed by atoms with E-state index in [1.165, 1.54) is 0 Å². The minimum absolute atomic E-state index is 0.298. The number of benzene rings is 2. The third-order valence-electron chi connectivity index (χ3n) is 4.66. The first-order valence-electron chi connectivity index (χ1n) is 9.87. The summed E-state index contributed by atoms with van der Waals surface area (Å²) in [7, 11) is 0. The lowest BCUT2D eigenvalue weighted by atomic mass is 10.0. The van der Waals surface area contributed by atoms with Gasteiger partial charge in [-0.2, -0.15) is 0 Å². The highest BCUT2D eigenvalue weighted by Gasteiger charge is 2.41. The lowest BCUT2D eigenvalue weighted by Gasteiger charge is -2.38. The zero-order valence-corrected chi connectivity index (χ0v) is 16.7. The van der Waals surface area contributed by atoms with Gasteiger partial charge in [-0.1, -0.05) is 43.3 Å².